The lowest BCUT2D eigenvalue weighted by atomic mass is 9.92. The Kier molecular flexibility index (Phi) is 5.05. The Hall–Kier alpha value is -2.51. The number of fused-ring (bicyclic) bond motifs is 1. The number of hydrogen-bond acceptors (Lipinski definition) is 4. The first kappa shape index (κ1) is 17.9. The lowest BCUT2D eigenvalue weighted by Crippen LogP contribution is -2.24. The van der Waals surface area contributed by atoms with E-state index in [0.717, 1.165) is 36.0 Å². The van der Waals surface area contributed by atoms with Crippen LogP contribution in [0.2, 0.25) is 0 Å². The molecule has 0 unspecified atom stereocenters. The van der Waals surface area contributed by atoms with E-state index in [1.54, 1.807) is 17.1 Å². The van der Waals surface area contributed by atoms with E-state index >= 15 is 0 Å². The molecule has 0 spiro atoms. The lowest BCUT2D eigenvalue weighted by molar-refractivity contribution is 0.580. The van der Waals surface area contributed by atoms with Crippen molar-refractivity contribution in [1.82, 2.24) is 19.5 Å². The molecule has 3 aromatic rings. The van der Waals surface area contributed by atoms with Crippen LogP contribution >= 0.6 is 0 Å². The SMILES string of the molecule is O=S(=O)(NCc1ccccc1Cn1cncn1)c1ccc2c(c1)CCCC2. The molecule has 1 aliphatic rings. The number of rotatable bonds is 6. The zero-order chi connectivity index (χ0) is 18.7. The maximum atomic E-state index is 12.8. The van der Waals surface area contributed by atoms with Crippen LogP contribution in [0.3, 0.4) is 0 Å². The molecule has 0 amide bonds. The molecule has 27 heavy (non-hydrogen) atoms. The van der Waals surface area contributed by atoms with Crippen molar-refractivity contribution in [3.05, 3.63) is 77.4 Å². The van der Waals surface area contributed by atoms with Gasteiger partial charge in [0.15, 0.2) is 0 Å². The molecule has 4 rings (SSSR count). The first-order valence-electron chi connectivity index (χ1n) is 9.12. The highest BCUT2D eigenvalue weighted by atomic mass is 32.2. The molecule has 2 aromatic carbocycles. The summed E-state index contributed by atoms with van der Waals surface area (Å²) < 4.78 is 30.0. The van der Waals surface area contributed by atoms with Gasteiger partial charge in [0.25, 0.3) is 0 Å². The first-order chi connectivity index (χ1) is 13.1. The molecule has 7 heteroatoms. The second-order valence-electron chi connectivity index (χ2n) is 6.82. The molecule has 1 heterocycles. The molecule has 0 atom stereocenters. The first-order valence-corrected chi connectivity index (χ1v) is 10.6. The summed E-state index contributed by atoms with van der Waals surface area (Å²) in [5.74, 6) is 0. The molecule has 0 radical (unpaired) electrons. The number of hydrogen-bond donors (Lipinski definition) is 1. The van der Waals surface area contributed by atoms with E-state index in [-0.39, 0.29) is 6.54 Å². The Balaban J connectivity index is 1.51. The van der Waals surface area contributed by atoms with E-state index in [1.807, 2.05) is 36.4 Å². The van der Waals surface area contributed by atoms with Gasteiger partial charge in [-0.2, -0.15) is 5.10 Å². The Morgan fingerprint density at radius 1 is 1.00 bits per heavy atom. The predicted molar refractivity (Wildman–Crippen MR) is 103 cm³/mol. The molecule has 0 saturated heterocycles. The topological polar surface area (TPSA) is 76.9 Å². The summed E-state index contributed by atoms with van der Waals surface area (Å²) in [6.07, 6.45) is 7.44. The monoisotopic (exact) mass is 382 g/mol. The van der Waals surface area contributed by atoms with Crippen LogP contribution in [-0.2, 0) is 36.0 Å². The van der Waals surface area contributed by atoms with Crippen molar-refractivity contribution in [1.29, 1.82) is 0 Å². The highest BCUT2D eigenvalue weighted by Crippen LogP contribution is 2.24. The summed E-state index contributed by atoms with van der Waals surface area (Å²) in [7, 11) is -3.56. The van der Waals surface area contributed by atoms with Gasteiger partial charge in [-0.3, -0.25) is 0 Å². The molecular weight excluding hydrogens is 360 g/mol. The molecule has 1 aromatic heterocycles. The molecular formula is C20H22N4O2S. The highest BCUT2D eigenvalue weighted by molar-refractivity contribution is 7.89. The minimum atomic E-state index is -3.56. The Labute approximate surface area is 159 Å². The van der Waals surface area contributed by atoms with Crippen LogP contribution in [0.15, 0.2) is 60.0 Å². The minimum absolute atomic E-state index is 0.240. The molecule has 140 valence electrons. The number of aryl methyl sites for hydroxylation is 2. The lowest BCUT2D eigenvalue weighted by Gasteiger charge is -2.17. The Morgan fingerprint density at radius 2 is 1.78 bits per heavy atom. The summed E-state index contributed by atoms with van der Waals surface area (Å²) in [6, 6.07) is 13.3. The van der Waals surface area contributed by atoms with Crippen molar-refractivity contribution < 1.29 is 8.42 Å². The van der Waals surface area contributed by atoms with Gasteiger partial charge in [-0.05, 0) is 60.1 Å². The standard InChI is InChI=1S/C20H22N4O2S/c25-27(26,20-10-9-16-5-1-2-6-17(16)11-20)23-12-18-7-3-4-8-19(18)13-24-15-21-14-22-24/h3-4,7-11,14-15,23H,1-2,5-6,12-13H2. The number of nitrogens with one attached hydrogen (secondary N) is 1. The molecule has 0 aliphatic heterocycles. The van der Waals surface area contributed by atoms with Crippen LogP contribution in [0.5, 0.6) is 0 Å². The average Bonchev–Trinajstić information content (AvgIpc) is 3.20. The van der Waals surface area contributed by atoms with Gasteiger partial charge < -0.3 is 0 Å². The maximum absolute atomic E-state index is 12.8. The second kappa shape index (κ2) is 7.62. The van der Waals surface area contributed by atoms with Gasteiger partial charge in [0.1, 0.15) is 12.7 Å². The fraction of sp³-hybridized carbons (Fsp3) is 0.300. The molecule has 6 nitrogen and oxygen atoms in total. The fourth-order valence-electron chi connectivity index (χ4n) is 3.51. The van der Waals surface area contributed by atoms with E-state index in [4.69, 9.17) is 0 Å². The molecule has 0 bridgehead atoms. The van der Waals surface area contributed by atoms with Crippen LogP contribution in [0, 0.1) is 0 Å². The second-order valence-corrected chi connectivity index (χ2v) is 8.59. The Morgan fingerprint density at radius 3 is 2.56 bits per heavy atom. The maximum Gasteiger partial charge on any atom is 0.240 e. The van der Waals surface area contributed by atoms with Gasteiger partial charge in [0.2, 0.25) is 10.0 Å². The number of nitrogens with zero attached hydrogens (tertiary/aromatic N) is 3. The van der Waals surface area contributed by atoms with E-state index in [0.29, 0.717) is 11.4 Å². The minimum Gasteiger partial charge on any atom is -0.249 e. The van der Waals surface area contributed by atoms with E-state index in [1.165, 1.54) is 18.3 Å². The third-order valence-corrected chi connectivity index (χ3v) is 6.40. The van der Waals surface area contributed by atoms with E-state index in [2.05, 4.69) is 14.8 Å². The summed E-state index contributed by atoms with van der Waals surface area (Å²) in [6.45, 7) is 0.793. The zero-order valence-corrected chi connectivity index (χ0v) is 15.8. The van der Waals surface area contributed by atoms with Gasteiger partial charge in [0, 0.05) is 6.54 Å². The fourth-order valence-corrected chi connectivity index (χ4v) is 4.56. The molecule has 1 N–H and O–H groups in total. The van der Waals surface area contributed by atoms with Crippen molar-refractivity contribution in [2.75, 3.05) is 0 Å². The van der Waals surface area contributed by atoms with Crippen LogP contribution in [-0.4, -0.2) is 23.2 Å². The number of sulfonamides is 1. The summed E-state index contributed by atoms with van der Waals surface area (Å²) in [4.78, 5) is 4.29. The van der Waals surface area contributed by atoms with E-state index in [9.17, 15) is 8.42 Å². The van der Waals surface area contributed by atoms with Gasteiger partial charge in [0.05, 0.1) is 11.4 Å². The Bertz CT molecular complexity index is 1030. The van der Waals surface area contributed by atoms with Gasteiger partial charge in [-0.15, -0.1) is 0 Å². The van der Waals surface area contributed by atoms with Crippen molar-refractivity contribution in [3.8, 4) is 0 Å². The van der Waals surface area contributed by atoms with Crippen LogP contribution in [0.25, 0.3) is 0 Å². The van der Waals surface area contributed by atoms with Gasteiger partial charge in [-0.1, -0.05) is 30.3 Å². The number of benzene rings is 2. The smallest absolute Gasteiger partial charge is 0.240 e. The third kappa shape index (κ3) is 4.09. The quantitative estimate of drug-likeness (QED) is 0.711. The summed E-state index contributed by atoms with van der Waals surface area (Å²) in [5, 5.41) is 4.12. The molecule has 0 saturated carbocycles. The largest absolute Gasteiger partial charge is 0.249 e. The third-order valence-electron chi connectivity index (χ3n) is 5.00. The highest BCUT2D eigenvalue weighted by Gasteiger charge is 2.18. The predicted octanol–water partition coefficient (Wildman–Crippen LogP) is 2.68. The summed E-state index contributed by atoms with van der Waals surface area (Å²) >= 11 is 0. The van der Waals surface area contributed by atoms with Crippen LogP contribution in [0.4, 0.5) is 0 Å². The number of aromatic nitrogens is 3. The van der Waals surface area contributed by atoms with Crippen molar-refractivity contribution in [2.45, 2.75) is 43.7 Å². The van der Waals surface area contributed by atoms with Crippen molar-refractivity contribution >= 4 is 10.0 Å². The van der Waals surface area contributed by atoms with Gasteiger partial charge >= 0.3 is 0 Å². The zero-order valence-electron chi connectivity index (χ0n) is 15.0. The van der Waals surface area contributed by atoms with E-state index < -0.39 is 10.0 Å². The molecule has 0 fully saturated rings. The summed E-state index contributed by atoms with van der Waals surface area (Å²) in [5.41, 5.74) is 4.37. The molecule has 1 aliphatic carbocycles. The van der Waals surface area contributed by atoms with Crippen molar-refractivity contribution in [3.63, 3.8) is 0 Å². The van der Waals surface area contributed by atoms with Gasteiger partial charge in [-0.25, -0.2) is 22.8 Å². The van der Waals surface area contributed by atoms with Crippen LogP contribution < -0.4 is 4.72 Å². The average molecular weight is 382 g/mol. The van der Waals surface area contributed by atoms with Crippen LogP contribution in [0.1, 0.15) is 35.1 Å². The normalized spacial score (nSPS) is 14.1. The van der Waals surface area contributed by atoms with Crippen molar-refractivity contribution in [2.24, 2.45) is 0 Å².